The van der Waals surface area contributed by atoms with Crippen molar-refractivity contribution in [1.29, 1.82) is 0 Å². The van der Waals surface area contributed by atoms with Crippen molar-refractivity contribution in [2.75, 3.05) is 38.1 Å². The van der Waals surface area contributed by atoms with Crippen molar-refractivity contribution in [3.8, 4) is 0 Å². The Bertz CT molecular complexity index is 444. The van der Waals surface area contributed by atoms with E-state index in [0.717, 1.165) is 5.56 Å². The maximum atomic E-state index is 12.3. The summed E-state index contributed by atoms with van der Waals surface area (Å²) in [6.07, 6.45) is 0.610. The van der Waals surface area contributed by atoms with Crippen LogP contribution in [-0.4, -0.2) is 42.7 Å². The monoisotopic (exact) mass is 387 g/mol. The molecule has 1 unspecified atom stereocenters. The van der Waals surface area contributed by atoms with Crippen molar-refractivity contribution >= 4 is 41.3 Å². The van der Waals surface area contributed by atoms with Crippen LogP contribution in [0, 0.1) is 0 Å². The topological polar surface area (TPSA) is 38.8 Å². The van der Waals surface area contributed by atoms with Gasteiger partial charge in [-0.3, -0.25) is 4.57 Å². The van der Waals surface area contributed by atoms with Crippen molar-refractivity contribution in [2.24, 2.45) is 0 Å². The Morgan fingerprint density at radius 2 is 1.68 bits per heavy atom. The first-order chi connectivity index (χ1) is 10.6. The largest absolute Gasteiger partial charge is 0.377 e. The van der Waals surface area contributed by atoms with Gasteiger partial charge in [0.2, 0.25) is 0 Å². The Balaban J connectivity index is 2.20. The van der Waals surface area contributed by atoms with Crippen molar-refractivity contribution in [2.45, 2.75) is 13.0 Å². The summed E-state index contributed by atoms with van der Waals surface area (Å²) in [5, 5.41) is 0. The average molecular weight is 389 g/mol. The molecule has 1 rings (SSSR count). The van der Waals surface area contributed by atoms with Gasteiger partial charge in [0.05, 0.1) is 13.2 Å². The van der Waals surface area contributed by atoms with Gasteiger partial charge in [-0.2, -0.15) is 0 Å². The van der Waals surface area contributed by atoms with E-state index in [1.165, 1.54) is 4.67 Å². The molecule has 126 valence electrons. The third kappa shape index (κ3) is 8.16. The van der Waals surface area contributed by atoms with Gasteiger partial charge in [-0.05, 0) is 23.2 Å². The zero-order chi connectivity index (χ0) is 16.3. The van der Waals surface area contributed by atoms with E-state index < -0.39 is 6.87 Å². The molecule has 4 nitrogen and oxygen atoms in total. The summed E-state index contributed by atoms with van der Waals surface area (Å²) in [4.78, 5) is 0. The zero-order valence-electron chi connectivity index (χ0n) is 12.3. The van der Waals surface area contributed by atoms with Crippen LogP contribution in [0.1, 0.15) is 12.0 Å². The second-order valence-electron chi connectivity index (χ2n) is 4.51. The van der Waals surface area contributed by atoms with Crippen molar-refractivity contribution < 1.29 is 13.8 Å². The van der Waals surface area contributed by atoms with Gasteiger partial charge in [0, 0.05) is 31.5 Å². The minimum atomic E-state index is -3.36. The standard InChI is InChI=1S/C14H21Cl3NO3P/c15-7-9-18(10-8-16)22(17,19)21-12-4-11-20-13-14-5-2-1-3-6-14/h1-3,5-6H,4,7-13H2. The molecule has 0 spiro atoms. The van der Waals surface area contributed by atoms with E-state index >= 15 is 0 Å². The minimum absolute atomic E-state index is 0.261. The normalized spacial score (nSPS) is 14.2. The summed E-state index contributed by atoms with van der Waals surface area (Å²) in [5.74, 6) is 0.633. The van der Waals surface area contributed by atoms with Gasteiger partial charge in [0.1, 0.15) is 0 Å². The SMILES string of the molecule is O=P(Cl)(OCCCOCc1ccccc1)N(CCCl)CCCl. The first kappa shape index (κ1) is 20.2. The van der Waals surface area contributed by atoms with Gasteiger partial charge in [-0.1, -0.05) is 30.3 Å². The molecular weight excluding hydrogens is 367 g/mol. The average Bonchev–Trinajstić information content (AvgIpc) is 2.51. The number of hydrogen-bond acceptors (Lipinski definition) is 3. The van der Waals surface area contributed by atoms with Gasteiger partial charge in [0.15, 0.2) is 0 Å². The highest BCUT2D eigenvalue weighted by Crippen LogP contribution is 2.55. The summed E-state index contributed by atoms with van der Waals surface area (Å²) >= 11 is 17.3. The molecule has 22 heavy (non-hydrogen) atoms. The lowest BCUT2D eigenvalue weighted by molar-refractivity contribution is 0.106. The lowest BCUT2D eigenvalue weighted by atomic mass is 10.2. The van der Waals surface area contributed by atoms with Crippen LogP contribution in [0.2, 0.25) is 0 Å². The molecule has 0 saturated heterocycles. The molecule has 0 N–H and O–H groups in total. The zero-order valence-corrected chi connectivity index (χ0v) is 15.5. The Morgan fingerprint density at radius 1 is 1.05 bits per heavy atom. The van der Waals surface area contributed by atoms with Crippen molar-refractivity contribution in [3.63, 3.8) is 0 Å². The Morgan fingerprint density at radius 3 is 2.27 bits per heavy atom. The number of alkyl halides is 2. The first-order valence-corrected chi connectivity index (χ1v) is 10.6. The Hall–Kier alpha value is 0.200. The predicted molar refractivity (Wildman–Crippen MR) is 93.1 cm³/mol. The molecule has 0 aromatic heterocycles. The first-order valence-electron chi connectivity index (χ1n) is 7.03. The second-order valence-corrected chi connectivity index (χ2v) is 8.27. The van der Waals surface area contributed by atoms with E-state index in [0.29, 0.717) is 44.5 Å². The summed E-state index contributed by atoms with van der Waals surface area (Å²) in [6, 6.07) is 9.89. The summed E-state index contributed by atoms with van der Waals surface area (Å²) in [6.45, 7) is -1.30. The van der Waals surface area contributed by atoms with Crippen LogP contribution in [0.15, 0.2) is 30.3 Å². The molecule has 0 bridgehead atoms. The molecule has 1 atom stereocenters. The van der Waals surface area contributed by atoms with E-state index in [1.807, 2.05) is 30.3 Å². The molecular formula is C14H21Cl3NO3P. The van der Waals surface area contributed by atoms with Crippen LogP contribution >= 0.6 is 41.3 Å². The van der Waals surface area contributed by atoms with E-state index in [-0.39, 0.29) is 6.61 Å². The lowest BCUT2D eigenvalue weighted by Crippen LogP contribution is -2.24. The third-order valence-electron chi connectivity index (χ3n) is 2.82. The molecule has 0 aliphatic carbocycles. The molecule has 1 aromatic carbocycles. The Labute approximate surface area is 146 Å². The van der Waals surface area contributed by atoms with E-state index in [9.17, 15) is 4.57 Å². The van der Waals surface area contributed by atoms with Gasteiger partial charge in [-0.25, -0.2) is 4.67 Å². The van der Waals surface area contributed by atoms with Crippen LogP contribution in [0.3, 0.4) is 0 Å². The molecule has 0 aliphatic heterocycles. The van der Waals surface area contributed by atoms with Crippen LogP contribution < -0.4 is 0 Å². The molecule has 0 aliphatic rings. The maximum Gasteiger partial charge on any atom is 0.363 e. The van der Waals surface area contributed by atoms with Crippen molar-refractivity contribution in [1.82, 2.24) is 4.67 Å². The third-order valence-corrected chi connectivity index (χ3v) is 5.67. The number of halogens is 3. The van der Waals surface area contributed by atoms with Gasteiger partial charge >= 0.3 is 6.87 Å². The molecule has 0 radical (unpaired) electrons. The summed E-state index contributed by atoms with van der Waals surface area (Å²) in [7, 11) is 0. The number of rotatable bonds is 12. The van der Waals surface area contributed by atoms with Crippen molar-refractivity contribution in [3.05, 3.63) is 35.9 Å². The highest BCUT2D eigenvalue weighted by Gasteiger charge is 2.28. The number of ether oxygens (including phenoxy) is 1. The molecule has 0 fully saturated rings. The molecule has 0 saturated carbocycles. The van der Waals surface area contributed by atoms with E-state index in [2.05, 4.69) is 0 Å². The van der Waals surface area contributed by atoms with Crippen LogP contribution in [-0.2, 0) is 20.4 Å². The van der Waals surface area contributed by atoms with E-state index in [4.69, 9.17) is 43.7 Å². The summed E-state index contributed by atoms with van der Waals surface area (Å²) < 4.78 is 24.6. The Kier molecular flexibility index (Phi) is 10.8. The molecule has 0 amide bonds. The molecule has 1 aromatic rings. The quantitative estimate of drug-likeness (QED) is 0.295. The highest BCUT2D eigenvalue weighted by molar-refractivity contribution is 7.83. The smallest absolute Gasteiger partial charge is 0.363 e. The van der Waals surface area contributed by atoms with Crippen LogP contribution in [0.25, 0.3) is 0 Å². The fraction of sp³-hybridized carbons (Fsp3) is 0.571. The number of benzene rings is 1. The fourth-order valence-corrected chi connectivity index (χ4v) is 4.23. The molecule has 8 heteroatoms. The second kappa shape index (κ2) is 11.7. The summed E-state index contributed by atoms with van der Waals surface area (Å²) in [5.41, 5.74) is 1.11. The predicted octanol–water partition coefficient (Wildman–Crippen LogP) is 4.74. The fourth-order valence-electron chi connectivity index (χ4n) is 1.73. The number of nitrogens with zero attached hydrogens (tertiary/aromatic N) is 1. The van der Waals surface area contributed by atoms with Crippen LogP contribution in [0.5, 0.6) is 0 Å². The van der Waals surface area contributed by atoms with Crippen LogP contribution in [0.4, 0.5) is 0 Å². The maximum absolute atomic E-state index is 12.3. The number of hydrogen-bond donors (Lipinski definition) is 0. The highest BCUT2D eigenvalue weighted by atomic mass is 35.7. The lowest BCUT2D eigenvalue weighted by Gasteiger charge is -2.24. The minimum Gasteiger partial charge on any atom is -0.377 e. The van der Waals surface area contributed by atoms with Gasteiger partial charge in [0.25, 0.3) is 0 Å². The van der Waals surface area contributed by atoms with Gasteiger partial charge in [-0.15, -0.1) is 23.2 Å². The molecule has 0 heterocycles. The van der Waals surface area contributed by atoms with Gasteiger partial charge < -0.3 is 9.26 Å². The van der Waals surface area contributed by atoms with E-state index in [1.54, 1.807) is 0 Å².